The van der Waals surface area contributed by atoms with Crippen LogP contribution in [0.3, 0.4) is 0 Å². The molecule has 6 aromatic rings. The normalized spacial score (nSPS) is 12.1. The Morgan fingerprint density at radius 2 is 1.79 bits per heavy atom. The van der Waals surface area contributed by atoms with Crippen molar-refractivity contribution in [1.82, 2.24) is 4.40 Å². The highest BCUT2D eigenvalue weighted by molar-refractivity contribution is 6.26. The summed E-state index contributed by atoms with van der Waals surface area (Å²) in [7, 11) is 2.13. The molecule has 28 heavy (non-hydrogen) atoms. The zero-order valence-corrected chi connectivity index (χ0v) is 16.0. The molecule has 0 atom stereocenters. The van der Waals surface area contributed by atoms with Gasteiger partial charge in [-0.15, -0.1) is 0 Å². The Labute approximate surface area is 162 Å². The van der Waals surface area contributed by atoms with Crippen molar-refractivity contribution in [3.63, 3.8) is 0 Å². The van der Waals surface area contributed by atoms with E-state index in [0.29, 0.717) is 5.69 Å². The van der Waals surface area contributed by atoms with Crippen LogP contribution < -0.4 is 4.57 Å². The van der Waals surface area contributed by atoms with Crippen LogP contribution in [0.25, 0.3) is 53.8 Å². The second kappa shape index (κ2) is 4.99. The summed E-state index contributed by atoms with van der Waals surface area (Å²) in [6.45, 7) is 11.9. The Kier molecular flexibility index (Phi) is 2.75. The third-order valence-corrected chi connectivity index (χ3v) is 6.30. The predicted octanol–water partition coefficient (Wildman–Crippen LogP) is 5.98. The molecule has 3 aromatic carbocycles. The zero-order valence-electron chi connectivity index (χ0n) is 16.0. The van der Waals surface area contributed by atoms with Gasteiger partial charge in [0.2, 0.25) is 5.52 Å². The van der Waals surface area contributed by atoms with Crippen molar-refractivity contribution in [2.45, 2.75) is 13.8 Å². The minimum atomic E-state index is 0.687. The van der Waals surface area contributed by atoms with Gasteiger partial charge in [-0.2, -0.15) is 0 Å². The summed E-state index contributed by atoms with van der Waals surface area (Å²) in [6, 6.07) is 17.1. The Bertz CT molecular complexity index is 1640. The van der Waals surface area contributed by atoms with Crippen LogP contribution in [0.4, 0.5) is 5.69 Å². The number of aromatic nitrogens is 2. The average Bonchev–Trinajstić information content (AvgIpc) is 3.03. The smallest absolute Gasteiger partial charge is 0.224 e. The molecule has 3 heterocycles. The van der Waals surface area contributed by atoms with Crippen molar-refractivity contribution in [3.8, 4) is 0 Å². The first-order valence-corrected chi connectivity index (χ1v) is 9.48. The molecule has 3 aromatic heterocycles. The third-order valence-electron chi connectivity index (χ3n) is 6.30. The molecule has 0 saturated heterocycles. The van der Waals surface area contributed by atoms with Gasteiger partial charge in [0.15, 0.2) is 11.9 Å². The number of rotatable bonds is 0. The van der Waals surface area contributed by atoms with Crippen molar-refractivity contribution >= 4 is 54.7 Å². The van der Waals surface area contributed by atoms with Gasteiger partial charge in [-0.05, 0) is 60.0 Å². The van der Waals surface area contributed by atoms with Crippen LogP contribution in [0, 0.1) is 20.4 Å². The minimum absolute atomic E-state index is 0.687. The first-order valence-electron chi connectivity index (χ1n) is 9.48. The van der Waals surface area contributed by atoms with Crippen molar-refractivity contribution in [2.24, 2.45) is 7.05 Å². The molecule has 0 fully saturated rings. The Morgan fingerprint density at radius 3 is 2.61 bits per heavy atom. The standard InChI is InChI=1S/C25H18N3/c1-14-12-19-18-13-17(26-3)8-9-20(18)28-21-7-5-6-16-10-11-27(4)25(23(16)21)22(15(14)2)24(19)28/h5-13H,1-2,4H3/q+1. The van der Waals surface area contributed by atoms with Gasteiger partial charge in [0.1, 0.15) is 7.05 Å². The third kappa shape index (κ3) is 1.66. The molecule has 0 aliphatic rings. The van der Waals surface area contributed by atoms with Crippen molar-refractivity contribution in [1.29, 1.82) is 0 Å². The second-order valence-electron chi connectivity index (χ2n) is 7.75. The molecule has 132 valence electrons. The molecular formula is C25H18N3+. The number of hydrogen-bond acceptors (Lipinski definition) is 0. The van der Waals surface area contributed by atoms with E-state index in [1.165, 1.54) is 54.7 Å². The van der Waals surface area contributed by atoms with Gasteiger partial charge in [0.25, 0.3) is 0 Å². The Hall–Kier alpha value is -3.64. The number of nitrogens with zero attached hydrogens (tertiary/aromatic N) is 3. The lowest BCUT2D eigenvalue weighted by Gasteiger charge is -2.13. The quantitative estimate of drug-likeness (QED) is 0.137. The molecule has 6 rings (SSSR count). The fourth-order valence-corrected chi connectivity index (χ4v) is 4.89. The molecule has 3 heteroatoms. The van der Waals surface area contributed by atoms with E-state index >= 15 is 0 Å². The molecular weight excluding hydrogens is 342 g/mol. The monoisotopic (exact) mass is 360 g/mol. The summed E-state index contributed by atoms with van der Waals surface area (Å²) in [4.78, 5) is 3.67. The summed E-state index contributed by atoms with van der Waals surface area (Å²) >= 11 is 0. The van der Waals surface area contributed by atoms with Gasteiger partial charge < -0.3 is 4.40 Å². The van der Waals surface area contributed by atoms with E-state index in [0.717, 1.165) is 5.39 Å². The highest BCUT2D eigenvalue weighted by atomic mass is 15.0. The van der Waals surface area contributed by atoms with E-state index in [4.69, 9.17) is 6.57 Å². The fourth-order valence-electron chi connectivity index (χ4n) is 4.89. The largest absolute Gasteiger partial charge is 0.308 e. The van der Waals surface area contributed by atoms with Gasteiger partial charge in [0.05, 0.1) is 33.9 Å². The second-order valence-corrected chi connectivity index (χ2v) is 7.75. The van der Waals surface area contributed by atoms with Crippen LogP contribution in [0.1, 0.15) is 11.1 Å². The SMILES string of the molecule is [C-]#[N+]c1ccc2c(c1)c1cc(C)c(C)c3c1n2c1cccc2cc[n+](C)c3c21. The van der Waals surface area contributed by atoms with Crippen LogP contribution in [-0.2, 0) is 7.05 Å². The maximum absolute atomic E-state index is 7.45. The lowest BCUT2D eigenvalue weighted by atomic mass is 9.96. The fraction of sp³-hybridized carbons (Fsp3) is 0.120. The van der Waals surface area contributed by atoms with Gasteiger partial charge in [0, 0.05) is 11.5 Å². The molecule has 0 aliphatic heterocycles. The summed E-state index contributed by atoms with van der Waals surface area (Å²) in [6.07, 6.45) is 2.16. The Balaban J connectivity index is 2.12. The molecule has 0 aliphatic carbocycles. The van der Waals surface area contributed by atoms with Crippen molar-refractivity contribution in [2.75, 3.05) is 0 Å². The van der Waals surface area contributed by atoms with Gasteiger partial charge in [-0.1, -0.05) is 18.2 Å². The van der Waals surface area contributed by atoms with Gasteiger partial charge >= 0.3 is 0 Å². The van der Waals surface area contributed by atoms with E-state index in [9.17, 15) is 0 Å². The summed E-state index contributed by atoms with van der Waals surface area (Å²) < 4.78 is 4.65. The summed E-state index contributed by atoms with van der Waals surface area (Å²) in [5.74, 6) is 0. The summed E-state index contributed by atoms with van der Waals surface area (Å²) in [5, 5.41) is 6.24. The number of aryl methyl sites for hydroxylation is 3. The molecule has 0 bridgehead atoms. The molecule has 0 amide bonds. The number of fused-ring (bicyclic) bond motifs is 5. The predicted molar refractivity (Wildman–Crippen MR) is 116 cm³/mol. The van der Waals surface area contributed by atoms with Gasteiger partial charge in [-0.3, -0.25) is 0 Å². The van der Waals surface area contributed by atoms with Crippen LogP contribution in [0.2, 0.25) is 0 Å². The van der Waals surface area contributed by atoms with E-state index in [1.807, 2.05) is 12.1 Å². The van der Waals surface area contributed by atoms with E-state index < -0.39 is 0 Å². The highest BCUT2D eigenvalue weighted by Crippen LogP contribution is 2.42. The number of benzene rings is 3. The van der Waals surface area contributed by atoms with Crippen LogP contribution in [-0.4, -0.2) is 4.40 Å². The number of hydrogen-bond donors (Lipinski definition) is 0. The molecule has 0 saturated carbocycles. The first kappa shape index (κ1) is 15.4. The first-order chi connectivity index (χ1) is 13.6. The lowest BCUT2D eigenvalue weighted by molar-refractivity contribution is -0.643. The molecule has 0 radical (unpaired) electrons. The maximum atomic E-state index is 7.45. The number of pyridine rings is 2. The van der Waals surface area contributed by atoms with Gasteiger partial charge in [-0.25, -0.2) is 9.41 Å². The van der Waals surface area contributed by atoms with E-state index in [2.05, 4.69) is 77.3 Å². The zero-order chi connectivity index (χ0) is 19.2. The summed E-state index contributed by atoms with van der Waals surface area (Å²) in [5.41, 5.74) is 8.20. The average molecular weight is 360 g/mol. The van der Waals surface area contributed by atoms with Crippen molar-refractivity contribution < 1.29 is 4.57 Å². The highest BCUT2D eigenvalue weighted by Gasteiger charge is 2.24. The van der Waals surface area contributed by atoms with E-state index in [-0.39, 0.29) is 0 Å². The topological polar surface area (TPSA) is 12.6 Å². The molecule has 3 nitrogen and oxygen atoms in total. The maximum Gasteiger partial charge on any atom is 0.224 e. The Morgan fingerprint density at radius 1 is 0.929 bits per heavy atom. The molecule has 0 spiro atoms. The van der Waals surface area contributed by atoms with E-state index in [1.54, 1.807) is 0 Å². The lowest BCUT2D eigenvalue weighted by Crippen LogP contribution is -2.29. The van der Waals surface area contributed by atoms with Crippen LogP contribution >= 0.6 is 0 Å². The van der Waals surface area contributed by atoms with Crippen molar-refractivity contribution in [3.05, 3.63) is 77.3 Å². The van der Waals surface area contributed by atoms with Crippen LogP contribution in [0.5, 0.6) is 0 Å². The van der Waals surface area contributed by atoms with Crippen LogP contribution in [0.15, 0.2) is 54.7 Å². The molecule has 0 unspecified atom stereocenters. The minimum Gasteiger partial charge on any atom is -0.308 e. The molecule has 0 N–H and O–H groups in total.